The number of ether oxygens (including phenoxy) is 1. The maximum absolute atomic E-state index is 11.5. The average Bonchev–Trinajstić information content (AvgIpc) is 2.69. The molecule has 0 aliphatic carbocycles. The van der Waals surface area contributed by atoms with E-state index in [0.29, 0.717) is 13.0 Å². The molecule has 5 nitrogen and oxygen atoms in total. The van der Waals surface area contributed by atoms with Crippen molar-refractivity contribution < 1.29 is 19.4 Å². The highest BCUT2D eigenvalue weighted by Crippen LogP contribution is 2.19. The molecular weight excluding hydrogens is 234 g/mol. The first-order valence-electron chi connectivity index (χ1n) is 5.83. The number of hydrogen-bond acceptors (Lipinski definition) is 4. The zero-order valence-electron chi connectivity index (χ0n) is 9.91. The molecule has 1 N–H and O–H groups in total. The third kappa shape index (κ3) is 3.07. The van der Waals surface area contributed by atoms with Crippen LogP contribution in [0.25, 0.3) is 0 Å². The van der Waals surface area contributed by atoms with E-state index in [-0.39, 0.29) is 19.1 Å². The summed E-state index contributed by atoms with van der Waals surface area (Å²) in [5, 5.41) is 8.67. The Morgan fingerprint density at radius 3 is 2.78 bits per heavy atom. The molecule has 1 heterocycles. The maximum Gasteiger partial charge on any atom is 0.324 e. The molecule has 1 unspecified atom stereocenters. The molecule has 5 heteroatoms. The van der Waals surface area contributed by atoms with Crippen molar-refractivity contribution in [3.63, 3.8) is 0 Å². The highest BCUT2D eigenvalue weighted by Gasteiger charge is 2.34. The quantitative estimate of drug-likeness (QED) is 0.795. The number of carboxylic acid groups (broad SMARTS) is 1. The summed E-state index contributed by atoms with van der Waals surface area (Å²) in [6.07, 6.45) is 0.270. The summed E-state index contributed by atoms with van der Waals surface area (Å²) in [4.78, 5) is 23.9. The summed E-state index contributed by atoms with van der Waals surface area (Å²) in [6.45, 7) is 0.828. The van der Waals surface area contributed by atoms with Crippen LogP contribution >= 0.6 is 0 Å². The third-order valence-electron chi connectivity index (χ3n) is 2.95. The van der Waals surface area contributed by atoms with Crippen LogP contribution in [0.4, 0.5) is 0 Å². The Bertz CT molecular complexity index is 432. The Balaban J connectivity index is 1.98. The Morgan fingerprint density at radius 2 is 2.11 bits per heavy atom. The van der Waals surface area contributed by atoms with Crippen LogP contribution in [0.15, 0.2) is 30.3 Å². The Labute approximate surface area is 105 Å². The van der Waals surface area contributed by atoms with Crippen LogP contribution in [0.5, 0.6) is 0 Å². The lowest BCUT2D eigenvalue weighted by Gasteiger charge is -2.19. The van der Waals surface area contributed by atoms with Gasteiger partial charge in [-0.3, -0.25) is 14.5 Å². The molecular formula is C13H15NO4. The van der Waals surface area contributed by atoms with E-state index >= 15 is 0 Å². The number of cyclic esters (lactones) is 1. The number of carboxylic acids is 1. The molecule has 0 spiro atoms. The topological polar surface area (TPSA) is 66.8 Å². The van der Waals surface area contributed by atoms with Crippen LogP contribution in [-0.4, -0.2) is 34.7 Å². The number of carbonyl (C=O) groups is 2. The normalized spacial score (nSPS) is 19.8. The summed E-state index contributed by atoms with van der Waals surface area (Å²) in [6, 6.07) is 9.28. The Morgan fingerprint density at radius 1 is 1.39 bits per heavy atom. The van der Waals surface area contributed by atoms with Gasteiger partial charge in [0.15, 0.2) is 0 Å². The molecule has 0 radical (unpaired) electrons. The van der Waals surface area contributed by atoms with Gasteiger partial charge in [0.05, 0.1) is 0 Å². The van der Waals surface area contributed by atoms with E-state index in [1.54, 1.807) is 0 Å². The predicted octanol–water partition coefficient (Wildman–Crippen LogP) is 1.24. The maximum atomic E-state index is 11.5. The van der Waals surface area contributed by atoms with Crippen LogP contribution in [0.3, 0.4) is 0 Å². The zero-order chi connectivity index (χ0) is 13.0. The fourth-order valence-electron chi connectivity index (χ4n) is 2.02. The van der Waals surface area contributed by atoms with Crippen molar-refractivity contribution in [1.29, 1.82) is 0 Å². The van der Waals surface area contributed by atoms with Crippen LogP contribution in [-0.2, 0) is 20.9 Å². The summed E-state index contributed by atoms with van der Waals surface area (Å²) in [5.74, 6) is -1.22. The molecule has 0 saturated carbocycles. The van der Waals surface area contributed by atoms with Gasteiger partial charge in [-0.1, -0.05) is 30.3 Å². The fourth-order valence-corrected chi connectivity index (χ4v) is 2.02. The van der Waals surface area contributed by atoms with Crippen molar-refractivity contribution in [3.8, 4) is 0 Å². The molecule has 2 rings (SSSR count). The summed E-state index contributed by atoms with van der Waals surface area (Å²) in [7, 11) is 0. The first kappa shape index (κ1) is 12.6. The number of carbonyl (C=O) groups excluding carboxylic acids is 1. The minimum atomic E-state index is -0.894. The van der Waals surface area contributed by atoms with Crippen LogP contribution in [0, 0.1) is 0 Å². The van der Waals surface area contributed by atoms with E-state index < -0.39 is 12.0 Å². The molecule has 18 heavy (non-hydrogen) atoms. The molecule has 1 atom stereocenters. The number of nitrogens with zero attached hydrogens (tertiary/aromatic N) is 1. The second kappa shape index (κ2) is 5.64. The number of aliphatic carboxylic acids is 1. The highest BCUT2D eigenvalue weighted by atomic mass is 16.6. The van der Waals surface area contributed by atoms with Crippen molar-refractivity contribution in [2.75, 3.05) is 6.73 Å². The van der Waals surface area contributed by atoms with Crippen molar-refractivity contribution in [3.05, 3.63) is 35.9 Å². The minimum absolute atomic E-state index is 0.0228. The number of benzene rings is 1. The smallest absolute Gasteiger partial charge is 0.324 e. The van der Waals surface area contributed by atoms with Crippen molar-refractivity contribution in [2.45, 2.75) is 25.4 Å². The van der Waals surface area contributed by atoms with Gasteiger partial charge in [-0.2, -0.15) is 0 Å². The fraction of sp³-hybridized carbons (Fsp3) is 0.385. The third-order valence-corrected chi connectivity index (χ3v) is 2.95. The highest BCUT2D eigenvalue weighted by molar-refractivity contribution is 5.78. The van der Waals surface area contributed by atoms with Gasteiger partial charge >= 0.3 is 11.9 Å². The van der Waals surface area contributed by atoms with Crippen molar-refractivity contribution in [2.24, 2.45) is 0 Å². The van der Waals surface area contributed by atoms with Gasteiger partial charge in [0.2, 0.25) is 0 Å². The molecule has 1 aromatic rings. The van der Waals surface area contributed by atoms with E-state index in [0.717, 1.165) is 5.56 Å². The Hall–Kier alpha value is -1.88. The van der Waals surface area contributed by atoms with E-state index in [4.69, 9.17) is 9.84 Å². The Kier molecular flexibility index (Phi) is 3.94. The van der Waals surface area contributed by atoms with Gasteiger partial charge in [-0.25, -0.2) is 0 Å². The molecule has 1 aliphatic rings. The van der Waals surface area contributed by atoms with E-state index in [9.17, 15) is 9.59 Å². The number of rotatable bonds is 5. The van der Waals surface area contributed by atoms with Crippen molar-refractivity contribution in [1.82, 2.24) is 4.90 Å². The first-order chi connectivity index (χ1) is 8.66. The molecule has 0 aromatic heterocycles. The van der Waals surface area contributed by atoms with E-state index in [2.05, 4.69) is 0 Å². The predicted molar refractivity (Wildman–Crippen MR) is 63.6 cm³/mol. The molecule has 1 saturated heterocycles. The van der Waals surface area contributed by atoms with Gasteiger partial charge in [-0.15, -0.1) is 0 Å². The average molecular weight is 249 g/mol. The monoisotopic (exact) mass is 249 g/mol. The summed E-state index contributed by atoms with van der Waals surface area (Å²) in [5.41, 5.74) is 1.08. The van der Waals surface area contributed by atoms with Crippen LogP contribution in [0.1, 0.15) is 18.4 Å². The zero-order valence-corrected chi connectivity index (χ0v) is 9.91. The van der Waals surface area contributed by atoms with Gasteiger partial charge in [-0.05, 0) is 12.0 Å². The number of esters is 1. The molecule has 96 valence electrons. The number of hydrogen-bond donors (Lipinski definition) is 1. The lowest BCUT2D eigenvalue weighted by Crippen LogP contribution is -2.33. The van der Waals surface area contributed by atoms with Gasteiger partial charge in [0.25, 0.3) is 0 Å². The SMILES string of the molecule is O=C(O)CCC1C(=O)OCN1Cc1ccccc1. The lowest BCUT2D eigenvalue weighted by molar-refractivity contribution is -0.140. The lowest BCUT2D eigenvalue weighted by atomic mass is 10.1. The molecule has 1 aromatic carbocycles. The largest absolute Gasteiger partial charge is 0.481 e. The summed E-state index contributed by atoms with van der Waals surface area (Å²) < 4.78 is 4.98. The van der Waals surface area contributed by atoms with E-state index in [1.807, 2.05) is 35.2 Å². The van der Waals surface area contributed by atoms with Crippen LogP contribution in [0.2, 0.25) is 0 Å². The second-order valence-corrected chi connectivity index (χ2v) is 4.27. The van der Waals surface area contributed by atoms with Gasteiger partial charge in [0.1, 0.15) is 12.8 Å². The first-order valence-corrected chi connectivity index (χ1v) is 5.83. The van der Waals surface area contributed by atoms with Crippen LogP contribution < -0.4 is 0 Å². The molecule has 0 bridgehead atoms. The van der Waals surface area contributed by atoms with Gasteiger partial charge < -0.3 is 9.84 Å². The molecule has 1 fully saturated rings. The second-order valence-electron chi connectivity index (χ2n) is 4.27. The molecule has 1 aliphatic heterocycles. The standard InChI is InChI=1S/C13H15NO4/c15-12(16)7-6-11-13(17)18-9-14(11)8-10-4-2-1-3-5-10/h1-5,11H,6-9H2,(H,15,16). The van der Waals surface area contributed by atoms with Crippen molar-refractivity contribution >= 4 is 11.9 Å². The van der Waals surface area contributed by atoms with E-state index in [1.165, 1.54) is 0 Å². The minimum Gasteiger partial charge on any atom is -0.481 e. The summed E-state index contributed by atoms with van der Waals surface area (Å²) >= 11 is 0. The van der Waals surface area contributed by atoms with Gasteiger partial charge in [0, 0.05) is 13.0 Å². The molecule has 0 amide bonds.